The van der Waals surface area contributed by atoms with Crippen molar-refractivity contribution in [1.29, 1.82) is 0 Å². The van der Waals surface area contributed by atoms with Crippen LogP contribution in [0.1, 0.15) is 27.0 Å². The molecule has 0 spiro atoms. The van der Waals surface area contributed by atoms with Crippen molar-refractivity contribution in [2.75, 3.05) is 27.7 Å². The highest BCUT2D eigenvalue weighted by Crippen LogP contribution is 2.22. The summed E-state index contributed by atoms with van der Waals surface area (Å²) in [5.74, 6) is 0.740. The van der Waals surface area contributed by atoms with Gasteiger partial charge >= 0.3 is 0 Å². The molecule has 1 N–H and O–H groups in total. The number of likely N-dealkylation sites (N-methyl/N-ethyl adjacent to an activating group) is 1. The van der Waals surface area contributed by atoms with E-state index in [0.717, 1.165) is 17.0 Å². The molecule has 6 heteroatoms. The second-order valence-corrected chi connectivity index (χ2v) is 6.09. The molecule has 0 fully saturated rings. The molecule has 22 heavy (non-hydrogen) atoms. The largest absolute Gasteiger partial charge is 0.497 e. The van der Waals surface area contributed by atoms with Crippen LogP contribution in [-0.4, -0.2) is 43.5 Å². The standard InChI is InChI=1S/C16H21N3O2S/c1-11-15(22-10-18-11)16(20)17-9-14(19(2)3)12-6-5-7-13(8-12)21-4/h5-8,10,14H,9H2,1-4H3,(H,17,20). The molecule has 0 aliphatic carbocycles. The maximum Gasteiger partial charge on any atom is 0.263 e. The molecule has 0 radical (unpaired) electrons. The molecular formula is C16H21N3O2S. The minimum absolute atomic E-state index is 0.0743. The first kappa shape index (κ1) is 16.5. The number of methoxy groups -OCH3 is 1. The Morgan fingerprint density at radius 3 is 2.82 bits per heavy atom. The Balaban J connectivity index is 2.09. The van der Waals surface area contributed by atoms with Crippen LogP contribution in [-0.2, 0) is 0 Å². The maximum atomic E-state index is 12.2. The molecule has 0 aliphatic rings. The van der Waals surface area contributed by atoms with Gasteiger partial charge in [-0.3, -0.25) is 4.79 Å². The van der Waals surface area contributed by atoms with Crippen molar-refractivity contribution < 1.29 is 9.53 Å². The molecule has 0 aliphatic heterocycles. The second kappa shape index (κ2) is 7.38. The fourth-order valence-corrected chi connectivity index (χ4v) is 2.96. The van der Waals surface area contributed by atoms with Crippen LogP contribution in [0.5, 0.6) is 5.75 Å². The van der Waals surface area contributed by atoms with E-state index >= 15 is 0 Å². The number of nitrogens with one attached hydrogen (secondary N) is 1. The van der Waals surface area contributed by atoms with Crippen LogP contribution in [0.15, 0.2) is 29.8 Å². The minimum Gasteiger partial charge on any atom is -0.497 e. The summed E-state index contributed by atoms with van der Waals surface area (Å²) in [5, 5.41) is 2.99. The lowest BCUT2D eigenvalue weighted by atomic mass is 10.1. The number of amides is 1. The molecule has 2 aromatic rings. The van der Waals surface area contributed by atoms with Crippen LogP contribution in [0.25, 0.3) is 0 Å². The van der Waals surface area contributed by atoms with Gasteiger partial charge in [-0.1, -0.05) is 12.1 Å². The highest BCUT2D eigenvalue weighted by atomic mass is 32.1. The fourth-order valence-electron chi connectivity index (χ4n) is 2.24. The molecule has 1 amide bonds. The highest BCUT2D eigenvalue weighted by Gasteiger charge is 2.18. The Labute approximate surface area is 134 Å². The van der Waals surface area contributed by atoms with E-state index in [1.807, 2.05) is 45.3 Å². The Morgan fingerprint density at radius 2 is 2.23 bits per heavy atom. The molecule has 0 saturated carbocycles. The van der Waals surface area contributed by atoms with Crippen molar-refractivity contribution in [3.05, 3.63) is 45.9 Å². The topological polar surface area (TPSA) is 54.5 Å². The van der Waals surface area contributed by atoms with E-state index in [4.69, 9.17) is 4.74 Å². The normalized spacial score (nSPS) is 12.2. The van der Waals surface area contributed by atoms with Gasteiger partial charge in [0.2, 0.25) is 0 Å². The monoisotopic (exact) mass is 319 g/mol. The van der Waals surface area contributed by atoms with Gasteiger partial charge in [0.1, 0.15) is 10.6 Å². The van der Waals surface area contributed by atoms with Crippen LogP contribution in [0.4, 0.5) is 0 Å². The smallest absolute Gasteiger partial charge is 0.263 e. The summed E-state index contributed by atoms with van der Waals surface area (Å²) in [6, 6.07) is 7.98. The van der Waals surface area contributed by atoms with E-state index in [2.05, 4.69) is 15.2 Å². The van der Waals surface area contributed by atoms with Crippen LogP contribution in [0, 0.1) is 6.92 Å². The number of rotatable bonds is 6. The van der Waals surface area contributed by atoms with Gasteiger partial charge in [0, 0.05) is 6.54 Å². The molecule has 5 nitrogen and oxygen atoms in total. The molecule has 2 rings (SSSR count). The Kier molecular flexibility index (Phi) is 5.51. The first-order valence-electron chi connectivity index (χ1n) is 7.01. The first-order chi connectivity index (χ1) is 10.5. The van der Waals surface area contributed by atoms with Gasteiger partial charge in [-0.2, -0.15) is 0 Å². The summed E-state index contributed by atoms with van der Waals surface area (Å²) in [7, 11) is 5.64. The quantitative estimate of drug-likeness (QED) is 0.889. The zero-order valence-corrected chi connectivity index (χ0v) is 14.1. The van der Waals surface area contributed by atoms with Crippen molar-refractivity contribution in [3.8, 4) is 5.75 Å². The minimum atomic E-state index is -0.0743. The summed E-state index contributed by atoms with van der Waals surface area (Å²) in [5.41, 5.74) is 3.56. The van der Waals surface area contributed by atoms with Crippen LogP contribution < -0.4 is 10.1 Å². The molecule has 1 heterocycles. The number of hydrogen-bond acceptors (Lipinski definition) is 5. The van der Waals surface area contributed by atoms with E-state index in [1.54, 1.807) is 12.6 Å². The van der Waals surface area contributed by atoms with E-state index in [9.17, 15) is 4.79 Å². The molecule has 0 bridgehead atoms. The van der Waals surface area contributed by atoms with Gasteiger partial charge in [-0.05, 0) is 38.7 Å². The molecule has 0 saturated heterocycles. The average Bonchev–Trinajstić information content (AvgIpc) is 2.93. The fraction of sp³-hybridized carbons (Fsp3) is 0.375. The van der Waals surface area contributed by atoms with Crippen molar-refractivity contribution in [1.82, 2.24) is 15.2 Å². The highest BCUT2D eigenvalue weighted by molar-refractivity contribution is 7.11. The van der Waals surface area contributed by atoms with E-state index in [1.165, 1.54) is 11.3 Å². The number of thiazole rings is 1. The van der Waals surface area contributed by atoms with Crippen LogP contribution in [0.2, 0.25) is 0 Å². The number of ether oxygens (including phenoxy) is 1. The number of aryl methyl sites for hydroxylation is 1. The molecule has 118 valence electrons. The second-order valence-electron chi connectivity index (χ2n) is 5.23. The Bertz CT molecular complexity index is 640. The van der Waals surface area contributed by atoms with Crippen LogP contribution >= 0.6 is 11.3 Å². The molecule has 1 aromatic heterocycles. The van der Waals surface area contributed by atoms with Crippen LogP contribution in [0.3, 0.4) is 0 Å². The van der Waals surface area contributed by atoms with Gasteiger partial charge < -0.3 is 15.0 Å². The summed E-state index contributed by atoms with van der Waals surface area (Å²) >= 11 is 1.36. The average molecular weight is 319 g/mol. The number of carbonyl (C=O) groups excluding carboxylic acids is 1. The van der Waals surface area contributed by atoms with E-state index in [-0.39, 0.29) is 11.9 Å². The third-order valence-electron chi connectivity index (χ3n) is 3.51. The summed E-state index contributed by atoms with van der Waals surface area (Å²) < 4.78 is 5.27. The van der Waals surface area contributed by atoms with Gasteiger partial charge in [-0.25, -0.2) is 4.98 Å². The van der Waals surface area contributed by atoms with Crippen molar-refractivity contribution in [3.63, 3.8) is 0 Å². The lowest BCUT2D eigenvalue weighted by molar-refractivity contribution is 0.0945. The number of benzene rings is 1. The van der Waals surface area contributed by atoms with E-state index < -0.39 is 0 Å². The Hall–Kier alpha value is -1.92. The zero-order chi connectivity index (χ0) is 16.1. The van der Waals surface area contributed by atoms with Crippen molar-refractivity contribution in [2.24, 2.45) is 0 Å². The first-order valence-corrected chi connectivity index (χ1v) is 7.89. The number of aromatic nitrogens is 1. The summed E-state index contributed by atoms with van der Waals surface area (Å²) in [6.07, 6.45) is 0. The Morgan fingerprint density at radius 1 is 1.45 bits per heavy atom. The predicted molar refractivity (Wildman–Crippen MR) is 88.6 cm³/mol. The lowest BCUT2D eigenvalue weighted by Gasteiger charge is -2.25. The molecule has 1 unspecified atom stereocenters. The molecule has 1 aromatic carbocycles. The number of hydrogen-bond donors (Lipinski definition) is 1. The maximum absolute atomic E-state index is 12.2. The third kappa shape index (κ3) is 3.84. The van der Waals surface area contributed by atoms with Crippen molar-refractivity contribution in [2.45, 2.75) is 13.0 Å². The van der Waals surface area contributed by atoms with Gasteiger partial charge in [0.05, 0.1) is 24.4 Å². The molecule has 1 atom stereocenters. The zero-order valence-electron chi connectivity index (χ0n) is 13.3. The summed E-state index contributed by atoms with van der Waals surface area (Å²) in [4.78, 5) is 19.1. The van der Waals surface area contributed by atoms with Gasteiger partial charge in [0.15, 0.2) is 0 Å². The summed E-state index contributed by atoms with van der Waals surface area (Å²) in [6.45, 7) is 2.37. The predicted octanol–water partition coefficient (Wildman–Crippen LogP) is 2.49. The van der Waals surface area contributed by atoms with Gasteiger partial charge in [-0.15, -0.1) is 11.3 Å². The number of carbonyl (C=O) groups is 1. The van der Waals surface area contributed by atoms with Gasteiger partial charge in [0.25, 0.3) is 5.91 Å². The number of nitrogens with zero attached hydrogens (tertiary/aromatic N) is 2. The van der Waals surface area contributed by atoms with Crippen molar-refractivity contribution >= 4 is 17.2 Å². The third-order valence-corrected chi connectivity index (χ3v) is 4.44. The lowest BCUT2D eigenvalue weighted by Crippen LogP contribution is -2.34. The SMILES string of the molecule is COc1cccc(C(CNC(=O)c2scnc2C)N(C)C)c1. The van der Waals surface area contributed by atoms with E-state index in [0.29, 0.717) is 11.4 Å². The molecular weight excluding hydrogens is 298 g/mol.